The molecule has 0 radical (unpaired) electrons. The maximum Gasteiger partial charge on any atom is 0.410 e. The van der Waals surface area contributed by atoms with E-state index in [0.717, 1.165) is 22.0 Å². The van der Waals surface area contributed by atoms with Crippen molar-refractivity contribution in [2.75, 3.05) is 30.4 Å². The molecule has 1 aliphatic rings. The van der Waals surface area contributed by atoms with Gasteiger partial charge in [-0.1, -0.05) is 12.1 Å². The molecule has 0 spiro atoms. The molecule has 240 valence electrons. The van der Waals surface area contributed by atoms with E-state index in [1.165, 1.54) is 0 Å². The minimum Gasteiger partial charge on any atom is -0.457 e. The second-order valence-corrected chi connectivity index (χ2v) is 12.7. The lowest BCUT2D eigenvalue weighted by molar-refractivity contribution is 0.00563. The number of anilines is 2. The molecule has 4 aromatic rings. The van der Waals surface area contributed by atoms with E-state index in [2.05, 4.69) is 20.5 Å². The van der Waals surface area contributed by atoms with Gasteiger partial charge < -0.3 is 25.0 Å². The fourth-order valence-electron chi connectivity index (χ4n) is 5.83. The van der Waals surface area contributed by atoms with Crippen LogP contribution in [0.5, 0.6) is 11.5 Å². The maximum absolute atomic E-state index is 13.3. The predicted molar refractivity (Wildman–Crippen MR) is 180 cm³/mol. The van der Waals surface area contributed by atoms with Gasteiger partial charge in [0.2, 0.25) is 0 Å². The summed E-state index contributed by atoms with van der Waals surface area (Å²) in [5.41, 5.74) is 2.39. The number of piperazine rings is 1. The van der Waals surface area contributed by atoms with Crippen molar-refractivity contribution in [3.63, 3.8) is 0 Å². The molecule has 0 unspecified atom stereocenters. The number of hydrogen-bond acceptors (Lipinski definition) is 7. The maximum atomic E-state index is 13.3. The van der Waals surface area contributed by atoms with Crippen LogP contribution >= 0.6 is 0 Å². The number of aromatic nitrogens is 1. The van der Waals surface area contributed by atoms with Crippen molar-refractivity contribution in [2.45, 2.75) is 59.2 Å². The second kappa shape index (κ2) is 13.1. The molecule has 46 heavy (non-hydrogen) atoms. The number of hydrogen-bond donors (Lipinski definition) is 2. The summed E-state index contributed by atoms with van der Waals surface area (Å²) < 4.78 is 11.7. The van der Waals surface area contributed by atoms with Crippen LogP contribution in [0.2, 0.25) is 0 Å². The predicted octanol–water partition coefficient (Wildman–Crippen LogP) is 6.78. The molecule has 0 saturated carbocycles. The number of nitrogens with zero attached hydrogens (tertiary/aromatic N) is 3. The average molecular weight is 624 g/mol. The first-order chi connectivity index (χ1) is 21.8. The standard InChI is InChI=1S/C36H41N5O5/c1-22-17-26(40-20-23(2)41(24(3)21-40)35(44)46-36(4,5)6)11-13-29(22)34(43)39-32-19-28(15-16-38-32)45-27-12-14-30-25(18-27)9-8-10-31(30)33(42)37-7/h8-19,23-24H,20-21H2,1-7H3,(H,37,42)(H,38,39,43)/t23-,24+. The van der Waals surface area contributed by atoms with Gasteiger partial charge >= 0.3 is 6.09 Å². The quantitative estimate of drug-likeness (QED) is 0.243. The van der Waals surface area contributed by atoms with Crippen LogP contribution in [0.15, 0.2) is 72.9 Å². The Bertz CT molecular complexity index is 1770. The van der Waals surface area contributed by atoms with E-state index < -0.39 is 5.60 Å². The normalized spacial score (nSPS) is 16.6. The van der Waals surface area contributed by atoms with Gasteiger partial charge in [-0.05, 0) is 106 Å². The van der Waals surface area contributed by atoms with Crippen LogP contribution in [0.4, 0.5) is 16.3 Å². The molecule has 2 atom stereocenters. The Morgan fingerprint density at radius 1 is 0.870 bits per heavy atom. The Hall–Kier alpha value is -5.12. The minimum absolute atomic E-state index is 0.0444. The van der Waals surface area contributed by atoms with Gasteiger partial charge in [-0.2, -0.15) is 0 Å². The van der Waals surface area contributed by atoms with E-state index in [0.29, 0.717) is 41.5 Å². The number of benzene rings is 3. The van der Waals surface area contributed by atoms with E-state index in [4.69, 9.17) is 9.47 Å². The molecule has 2 heterocycles. The lowest BCUT2D eigenvalue weighted by atomic mass is 10.0. The molecule has 2 N–H and O–H groups in total. The van der Waals surface area contributed by atoms with Crippen molar-refractivity contribution in [3.8, 4) is 11.5 Å². The molecule has 1 aromatic heterocycles. The van der Waals surface area contributed by atoms with Gasteiger partial charge in [0.1, 0.15) is 22.9 Å². The van der Waals surface area contributed by atoms with Gasteiger partial charge in [-0.25, -0.2) is 9.78 Å². The third kappa shape index (κ3) is 7.22. The SMILES string of the molecule is CNC(=O)c1cccc2cc(Oc3ccnc(NC(=O)c4ccc(N5C[C@@H](C)N(C(=O)OC(C)(C)C)[C@@H](C)C5)cc4C)c3)ccc12. The topological polar surface area (TPSA) is 113 Å². The van der Waals surface area contributed by atoms with E-state index >= 15 is 0 Å². The number of amides is 3. The van der Waals surface area contributed by atoms with E-state index in [1.807, 2.05) is 88.9 Å². The van der Waals surface area contributed by atoms with E-state index in [9.17, 15) is 14.4 Å². The molecule has 10 nitrogen and oxygen atoms in total. The van der Waals surface area contributed by atoms with Crippen molar-refractivity contribution >= 4 is 40.2 Å². The highest BCUT2D eigenvalue weighted by Crippen LogP contribution is 2.30. The highest BCUT2D eigenvalue weighted by Gasteiger charge is 2.35. The third-order valence-corrected chi connectivity index (χ3v) is 7.88. The summed E-state index contributed by atoms with van der Waals surface area (Å²) >= 11 is 0. The summed E-state index contributed by atoms with van der Waals surface area (Å²) in [6.07, 6.45) is 1.28. The summed E-state index contributed by atoms with van der Waals surface area (Å²) in [7, 11) is 1.61. The summed E-state index contributed by atoms with van der Waals surface area (Å²) in [5, 5.41) is 7.25. The van der Waals surface area contributed by atoms with Crippen LogP contribution in [-0.2, 0) is 4.74 Å². The van der Waals surface area contributed by atoms with Crippen LogP contribution < -0.4 is 20.3 Å². The van der Waals surface area contributed by atoms with Gasteiger partial charge in [-0.15, -0.1) is 0 Å². The van der Waals surface area contributed by atoms with Crippen LogP contribution in [-0.4, -0.2) is 65.6 Å². The minimum atomic E-state index is -0.553. The van der Waals surface area contributed by atoms with Crippen LogP contribution in [0.1, 0.15) is 60.9 Å². The zero-order chi connectivity index (χ0) is 33.2. The van der Waals surface area contributed by atoms with Crippen molar-refractivity contribution in [1.82, 2.24) is 15.2 Å². The largest absolute Gasteiger partial charge is 0.457 e. The summed E-state index contributed by atoms with van der Waals surface area (Å²) in [4.78, 5) is 46.7. The number of ether oxygens (including phenoxy) is 2. The monoisotopic (exact) mass is 623 g/mol. The first-order valence-electron chi connectivity index (χ1n) is 15.4. The summed E-state index contributed by atoms with van der Waals surface area (Å²) in [5.74, 6) is 1.02. The van der Waals surface area contributed by atoms with Crippen molar-refractivity contribution in [3.05, 3.63) is 89.6 Å². The number of fused-ring (bicyclic) bond motifs is 1. The molecule has 0 aliphatic carbocycles. The molecular weight excluding hydrogens is 582 g/mol. The van der Waals surface area contributed by atoms with Gasteiger partial charge in [-0.3, -0.25) is 14.5 Å². The fourth-order valence-corrected chi connectivity index (χ4v) is 5.83. The lowest BCUT2D eigenvalue weighted by Gasteiger charge is -2.45. The number of rotatable bonds is 6. The van der Waals surface area contributed by atoms with Gasteiger partial charge in [0.05, 0.1) is 12.1 Å². The Morgan fingerprint density at radius 3 is 2.26 bits per heavy atom. The van der Waals surface area contributed by atoms with Crippen LogP contribution in [0.25, 0.3) is 10.8 Å². The lowest BCUT2D eigenvalue weighted by Crippen LogP contribution is -2.59. The van der Waals surface area contributed by atoms with Gasteiger partial charge in [0.25, 0.3) is 11.8 Å². The van der Waals surface area contributed by atoms with Crippen LogP contribution in [0, 0.1) is 6.92 Å². The average Bonchev–Trinajstić information content (AvgIpc) is 2.99. The smallest absolute Gasteiger partial charge is 0.410 e. The molecule has 3 aromatic carbocycles. The molecule has 5 rings (SSSR count). The third-order valence-electron chi connectivity index (χ3n) is 7.88. The summed E-state index contributed by atoms with van der Waals surface area (Å²) in [6.45, 7) is 12.9. The molecule has 10 heteroatoms. The molecule has 1 saturated heterocycles. The Balaban J connectivity index is 1.25. The molecule has 1 aliphatic heterocycles. The zero-order valence-corrected chi connectivity index (χ0v) is 27.4. The Labute approximate surface area is 269 Å². The number of carbonyl (C=O) groups excluding carboxylic acids is 3. The number of aryl methyl sites for hydroxylation is 1. The van der Waals surface area contributed by atoms with Crippen molar-refractivity contribution < 1.29 is 23.9 Å². The molecule has 0 bridgehead atoms. The highest BCUT2D eigenvalue weighted by molar-refractivity contribution is 6.07. The van der Waals surface area contributed by atoms with Crippen LogP contribution in [0.3, 0.4) is 0 Å². The van der Waals surface area contributed by atoms with Crippen molar-refractivity contribution in [2.24, 2.45) is 0 Å². The second-order valence-electron chi connectivity index (χ2n) is 12.7. The summed E-state index contributed by atoms with van der Waals surface area (Å²) in [6, 6.07) is 20.1. The fraction of sp³-hybridized carbons (Fsp3) is 0.333. The number of nitrogens with one attached hydrogen (secondary N) is 2. The Kier molecular flexibility index (Phi) is 9.18. The zero-order valence-electron chi connectivity index (χ0n) is 27.4. The molecule has 3 amide bonds. The first-order valence-corrected chi connectivity index (χ1v) is 15.4. The number of carbonyl (C=O) groups is 3. The number of pyridine rings is 1. The first kappa shape index (κ1) is 32.3. The van der Waals surface area contributed by atoms with Crippen molar-refractivity contribution in [1.29, 1.82) is 0 Å². The van der Waals surface area contributed by atoms with Gasteiger partial charge in [0, 0.05) is 49.2 Å². The highest BCUT2D eigenvalue weighted by atomic mass is 16.6. The molecular formula is C36H41N5O5. The van der Waals surface area contributed by atoms with E-state index in [-0.39, 0.29) is 30.0 Å². The Morgan fingerprint density at radius 2 is 1.59 bits per heavy atom. The molecule has 1 fully saturated rings. The van der Waals surface area contributed by atoms with E-state index in [1.54, 1.807) is 37.5 Å². The van der Waals surface area contributed by atoms with Gasteiger partial charge in [0.15, 0.2) is 0 Å².